The van der Waals surface area contributed by atoms with Crippen LogP contribution in [0.2, 0.25) is 0 Å². The molecular weight excluding hydrogens is 540 g/mol. The van der Waals surface area contributed by atoms with Gasteiger partial charge in [-0.2, -0.15) is 0 Å². The first-order chi connectivity index (χ1) is 19.0. The van der Waals surface area contributed by atoms with Gasteiger partial charge in [0.2, 0.25) is 0 Å². The Balaban J connectivity index is 0.00000194. The van der Waals surface area contributed by atoms with Crippen LogP contribution >= 0.6 is 0 Å². The molecule has 4 heterocycles. The van der Waals surface area contributed by atoms with E-state index < -0.39 is 17.7 Å². The molecule has 0 spiro atoms. The number of aryl methyl sites for hydroxylation is 1. The van der Waals surface area contributed by atoms with Crippen molar-refractivity contribution in [2.24, 2.45) is 0 Å². The number of rotatable bonds is 8. The fourth-order valence-electron chi connectivity index (χ4n) is 5.67. The van der Waals surface area contributed by atoms with Crippen molar-refractivity contribution in [3.63, 3.8) is 0 Å². The number of nitrogens with zero attached hydrogens (tertiary/aromatic N) is 6. The number of aromatic nitrogens is 6. The van der Waals surface area contributed by atoms with E-state index in [0.717, 1.165) is 58.7 Å². The van der Waals surface area contributed by atoms with Crippen molar-refractivity contribution in [3.05, 3.63) is 82.6 Å². The topological polar surface area (TPSA) is 130 Å². The van der Waals surface area contributed by atoms with Crippen LogP contribution in [0.3, 0.4) is 0 Å². The molecule has 0 aliphatic carbocycles. The van der Waals surface area contributed by atoms with Crippen molar-refractivity contribution in [1.82, 2.24) is 35.1 Å². The van der Waals surface area contributed by atoms with Crippen molar-refractivity contribution in [3.8, 4) is 22.5 Å². The molecule has 0 fully saturated rings. The maximum absolute atomic E-state index is 13.0. The number of H-pyrrole nitrogens is 1. The number of tetrazole rings is 1. The molecule has 6 rings (SSSR count). The third-order valence-corrected chi connectivity index (χ3v) is 7.55. The van der Waals surface area contributed by atoms with Gasteiger partial charge in [-0.05, 0) is 40.5 Å². The van der Waals surface area contributed by atoms with Crippen molar-refractivity contribution in [2.45, 2.75) is 52.1 Å². The van der Waals surface area contributed by atoms with E-state index in [1.807, 2.05) is 24.3 Å². The molecule has 41 heavy (non-hydrogen) atoms. The summed E-state index contributed by atoms with van der Waals surface area (Å²) in [6.07, 6.45) is 3.40. The number of amides is 1. The Bertz CT molecular complexity index is 1600. The van der Waals surface area contributed by atoms with Gasteiger partial charge in [0.1, 0.15) is 23.2 Å². The zero-order chi connectivity index (χ0) is 27.1. The second-order valence-electron chi connectivity index (χ2n) is 10.0. The van der Waals surface area contributed by atoms with E-state index in [4.69, 9.17) is 4.98 Å². The number of aromatic amines is 1. The second kappa shape index (κ2) is 13.1. The van der Waals surface area contributed by atoms with Crippen LogP contribution in [0.4, 0.5) is 0 Å². The monoisotopic (exact) mass is 571 g/mol. The Morgan fingerprint density at radius 3 is 2.49 bits per heavy atom. The van der Waals surface area contributed by atoms with E-state index >= 15 is 0 Å². The number of unbranched alkanes of at least 4 members (excludes halogenated alkanes) is 1. The molecule has 4 aromatic rings. The first-order valence-electron chi connectivity index (χ1n) is 13.2. The summed E-state index contributed by atoms with van der Waals surface area (Å²) < 4.78 is 2.14. The van der Waals surface area contributed by atoms with Gasteiger partial charge in [-0.3, -0.25) is 9.59 Å². The number of carbonyl (C=O) groups excluding carboxylic acids is 2. The van der Waals surface area contributed by atoms with Crippen LogP contribution in [-0.4, -0.2) is 118 Å². The number of aliphatic hydroxyl groups is 1. The van der Waals surface area contributed by atoms with Gasteiger partial charge in [-0.1, -0.05) is 61.9 Å². The van der Waals surface area contributed by atoms with Gasteiger partial charge < -0.3 is 14.6 Å². The van der Waals surface area contributed by atoms with Gasteiger partial charge in [0.15, 0.2) is 11.6 Å². The predicted molar refractivity (Wildman–Crippen MR) is 158 cm³/mol. The fourth-order valence-corrected chi connectivity index (χ4v) is 5.67. The normalized spacial score (nSPS) is 15.7. The Morgan fingerprint density at radius 1 is 1.10 bits per heavy atom. The van der Waals surface area contributed by atoms with Crippen LogP contribution in [-0.2, 0) is 29.0 Å². The molecular formula is C29H31N7Na2O3. The Morgan fingerprint density at radius 2 is 1.83 bits per heavy atom. The molecule has 12 heteroatoms. The van der Waals surface area contributed by atoms with E-state index in [1.165, 1.54) is 6.92 Å². The summed E-state index contributed by atoms with van der Waals surface area (Å²) in [6, 6.07) is 15.6. The summed E-state index contributed by atoms with van der Waals surface area (Å²) in [6.45, 7) is 4.43. The molecule has 1 amide bonds. The quantitative estimate of drug-likeness (QED) is 0.246. The SMILES string of the molecule is CCCCc1nc2c(n1Cc1ccc(-c3ccccc3-c3nnn[nH]3)cc1)C1C(O)=C(C(C)=O)C(=O)N1CC2.[NaH].[NaH]. The minimum atomic E-state index is -0.676. The number of aliphatic hydroxyl groups excluding tert-OH is 1. The Hall–Kier alpha value is -2.60. The van der Waals surface area contributed by atoms with Gasteiger partial charge >= 0.3 is 59.1 Å². The average Bonchev–Trinajstić information content (AvgIpc) is 3.65. The van der Waals surface area contributed by atoms with E-state index in [-0.39, 0.29) is 70.4 Å². The van der Waals surface area contributed by atoms with Crippen molar-refractivity contribution < 1.29 is 14.7 Å². The molecule has 1 atom stereocenters. The summed E-state index contributed by atoms with van der Waals surface area (Å²) >= 11 is 0. The van der Waals surface area contributed by atoms with E-state index in [1.54, 1.807) is 4.90 Å². The number of Topliss-reactive ketones (excluding diaryl/α,β-unsaturated/α-hetero) is 1. The number of hydrogen-bond donors (Lipinski definition) is 2. The predicted octanol–water partition coefficient (Wildman–Crippen LogP) is 2.66. The number of nitrogens with one attached hydrogen (secondary N) is 1. The number of fused-ring (bicyclic) bond motifs is 3. The standard InChI is InChI=1S/C29H29N7O3.2Na.2H/c1-3-4-9-23-30-22-14-15-35-26(27(38)24(17(2)37)29(35)39)25(22)36(23)16-18-10-12-19(13-11-18)20-7-5-6-8-21(20)28-31-33-34-32-28;;;;/h5-8,10-13,26,38H,3-4,9,14-16H2,1-2H3,(H,31,32,33,34);;;;. The van der Waals surface area contributed by atoms with Crippen molar-refractivity contribution in [2.75, 3.05) is 6.54 Å². The van der Waals surface area contributed by atoms with Gasteiger partial charge in [0.25, 0.3) is 5.91 Å². The molecule has 2 N–H and O–H groups in total. The van der Waals surface area contributed by atoms with Crippen molar-refractivity contribution >= 4 is 70.8 Å². The fraction of sp³-hybridized carbons (Fsp3) is 0.310. The summed E-state index contributed by atoms with van der Waals surface area (Å²) in [5.74, 6) is 0.567. The molecule has 2 aliphatic rings. The van der Waals surface area contributed by atoms with Gasteiger partial charge in [-0.25, -0.2) is 10.1 Å². The van der Waals surface area contributed by atoms with Gasteiger partial charge in [0.05, 0.1) is 11.4 Å². The number of benzene rings is 2. The van der Waals surface area contributed by atoms with Crippen LogP contribution in [0.5, 0.6) is 0 Å². The number of carbonyl (C=O) groups is 2. The summed E-state index contributed by atoms with van der Waals surface area (Å²) in [7, 11) is 0. The van der Waals surface area contributed by atoms with Gasteiger partial charge in [-0.15, -0.1) is 5.10 Å². The second-order valence-corrected chi connectivity index (χ2v) is 10.0. The number of hydrogen-bond acceptors (Lipinski definition) is 7. The molecule has 2 aliphatic heterocycles. The van der Waals surface area contributed by atoms with E-state index in [0.29, 0.717) is 25.3 Å². The number of imidazole rings is 1. The van der Waals surface area contributed by atoms with Crippen molar-refractivity contribution in [1.29, 1.82) is 0 Å². The molecule has 10 nitrogen and oxygen atoms in total. The average molecular weight is 572 g/mol. The minimum absolute atomic E-state index is 0. The molecule has 202 valence electrons. The molecule has 0 bridgehead atoms. The van der Waals surface area contributed by atoms with Gasteiger partial charge in [0, 0.05) is 31.5 Å². The zero-order valence-corrected chi connectivity index (χ0v) is 21.9. The third kappa shape index (κ3) is 5.74. The van der Waals surface area contributed by atoms with Crippen LogP contribution in [0.1, 0.15) is 55.5 Å². The van der Waals surface area contributed by atoms with E-state index in [9.17, 15) is 14.7 Å². The Kier molecular flexibility index (Phi) is 10.0. The summed E-state index contributed by atoms with van der Waals surface area (Å²) in [4.78, 5) is 31.7. The molecule has 2 aromatic carbocycles. The number of ketones is 1. The summed E-state index contributed by atoms with van der Waals surface area (Å²) in [5.41, 5.74) is 5.60. The molecule has 0 radical (unpaired) electrons. The Labute approximate surface area is 282 Å². The first kappa shape index (κ1) is 31.3. The molecule has 2 aromatic heterocycles. The molecule has 0 saturated carbocycles. The maximum atomic E-state index is 13.0. The molecule has 1 unspecified atom stereocenters. The first-order valence-corrected chi connectivity index (χ1v) is 13.2. The third-order valence-electron chi connectivity index (χ3n) is 7.55. The van der Waals surface area contributed by atoms with Crippen LogP contribution in [0.25, 0.3) is 22.5 Å². The summed E-state index contributed by atoms with van der Waals surface area (Å²) in [5, 5.41) is 25.4. The van der Waals surface area contributed by atoms with Crippen LogP contribution in [0, 0.1) is 0 Å². The van der Waals surface area contributed by atoms with E-state index in [2.05, 4.69) is 56.4 Å². The molecule has 0 saturated heterocycles. The van der Waals surface area contributed by atoms with Crippen LogP contribution < -0.4 is 0 Å². The zero-order valence-electron chi connectivity index (χ0n) is 21.9. The van der Waals surface area contributed by atoms with Crippen LogP contribution in [0.15, 0.2) is 59.9 Å².